The van der Waals surface area contributed by atoms with Gasteiger partial charge in [0.15, 0.2) is 12.4 Å². The lowest BCUT2D eigenvalue weighted by molar-refractivity contribution is -0.389. The van der Waals surface area contributed by atoms with Crippen molar-refractivity contribution in [2.75, 3.05) is 11.5 Å². The Bertz CT molecular complexity index is 612. The minimum Gasteiger partial charge on any atom is -0.480 e. The molecular weight excluding hydrogens is 270 g/mol. The van der Waals surface area contributed by atoms with Gasteiger partial charge in [-0.2, -0.15) is 0 Å². The molecule has 1 aliphatic rings. The van der Waals surface area contributed by atoms with E-state index in [1.54, 1.807) is 0 Å². The molecule has 0 saturated carbocycles. The Morgan fingerprint density at radius 3 is 2.75 bits per heavy atom. The highest BCUT2D eigenvalue weighted by Gasteiger charge is 2.45. The van der Waals surface area contributed by atoms with E-state index in [1.807, 2.05) is 0 Å². The van der Waals surface area contributed by atoms with Crippen LogP contribution in [0.15, 0.2) is 12.1 Å². The van der Waals surface area contributed by atoms with Crippen molar-refractivity contribution in [3.05, 3.63) is 22.2 Å². The molecule has 1 amide bonds. The summed E-state index contributed by atoms with van der Waals surface area (Å²) in [5.41, 5.74) is -1.60. The fourth-order valence-electron chi connectivity index (χ4n) is 1.79. The molecule has 0 unspecified atom stereocenters. The first-order valence-corrected chi connectivity index (χ1v) is 5.60. The number of nitro groups is 1. The number of aliphatic carboxylic acids is 1. The van der Waals surface area contributed by atoms with Crippen LogP contribution in [0.4, 0.5) is 11.6 Å². The molecule has 0 bridgehead atoms. The Hall–Kier alpha value is -2.71. The van der Waals surface area contributed by atoms with E-state index in [1.165, 1.54) is 19.9 Å². The summed E-state index contributed by atoms with van der Waals surface area (Å²) in [7, 11) is 0. The number of hydrogen-bond acceptors (Lipinski definition) is 6. The highest BCUT2D eigenvalue weighted by atomic mass is 16.6. The molecule has 0 aliphatic carbocycles. The smallest absolute Gasteiger partial charge is 0.366 e. The zero-order valence-electron chi connectivity index (χ0n) is 10.7. The van der Waals surface area contributed by atoms with Crippen molar-refractivity contribution in [3.63, 3.8) is 0 Å². The van der Waals surface area contributed by atoms with Gasteiger partial charge in [0.25, 0.3) is 11.7 Å². The summed E-state index contributed by atoms with van der Waals surface area (Å²) in [6.07, 6.45) is 0. The molecule has 1 aliphatic heterocycles. The van der Waals surface area contributed by atoms with Gasteiger partial charge in [0, 0.05) is 6.07 Å². The number of carbonyl (C=O) groups excluding carboxylic acids is 1. The lowest BCUT2D eigenvalue weighted by Crippen LogP contribution is -2.56. The van der Waals surface area contributed by atoms with Crippen LogP contribution in [0.5, 0.6) is 5.75 Å². The number of anilines is 1. The van der Waals surface area contributed by atoms with Gasteiger partial charge in [0.1, 0.15) is 5.54 Å². The summed E-state index contributed by atoms with van der Waals surface area (Å²) in [5, 5.41) is 20.0. The SMILES string of the molecule is CC(C)(C(=O)O)N1C(=O)COc2ccc([N+](=O)[O-])nc21. The van der Waals surface area contributed by atoms with E-state index in [0.717, 1.165) is 11.0 Å². The van der Waals surface area contributed by atoms with E-state index in [0.29, 0.717) is 0 Å². The van der Waals surface area contributed by atoms with Crippen LogP contribution in [0.3, 0.4) is 0 Å². The zero-order chi connectivity index (χ0) is 15.1. The van der Waals surface area contributed by atoms with Gasteiger partial charge in [0.05, 0.1) is 0 Å². The third-order valence-electron chi connectivity index (χ3n) is 2.91. The number of rotatable bonds is 3. The molecule has 20 heavy (non-hydrogen) atoms. The fourth-order valence-corrected chi connectivity index (χ4v) is 1.79. The summed E-state index contributed by atoms with van der Waals surface area (Å²) < 4.78 is 5.11. The van der Waals surface area contributed by atoms with Crippen LogP contribution < -0.4 is 9.64 Å². The third-order valence-corrected chi connectivity index (χ3v) is 2.91. The largest absolute Gasteiger partial charge is 0.480 e. The number of carbonyl (C=O) groups is 2. The van der Waals surface area contributed by atoms with Crippen molar-refractivity contribution in [1.82, 2.24) is 4.98 Å². The summed E-state index contributed by atoms with van der Waals surface area (Å²) in [6, 6.07) is 2.42. The molecule has 0 aromatic carbocycles. The van der Waals surface area contributed by atoms with Gasteiger partial charge in [-0.05, 0) is 29.8 Å². The second-order valence-corrected chi connectivity index (χ2v) is 4.63. The number of carboxylic acid groups (broad SMARTS) is 1. The molecule has 0 spiro atoms. The summed E-state index contributed by atoms with van der Waals surface area (Å²) >= 11 is 0. The molecule has 0 atom stereocenters. The number of carboxylic acids is 1. The first-order chi connectivity index (χ1) is 9.25. The lowest BCUT2D eigenvalue weighted by atomic mass is 10.0. The monoisotopic (exact) mass is 281 g/mol. The van der Waals surface area contributed by atoms with Crippen LogP contribution >= 0.6 is 0 Å². The average Bonchev–Trinajstić information content (AvgIpc) is 2.37. The number of ether oxygens (including phenoxy) is 1. The van der Waals surface area contributed by atoms with E-state index in [2.05, 4.69) is 4.98 Å². The van der Waals surface area contributed by atoms with Crippen LogP contribution in [0.1, 0.15) is 13.8 Å². The molecule has 106 valence electrons. The average molecular weight is 281 g/mol. The fraction of sp³-hybridized carbons (Fsp3) is 0.364. The number of hydrogen-bond donors (Lipinski definition) is 1. The van der Waals surface area contributed by atoms with Crippen molar-refractivity contribution in [3.8, 4) is 5.75 Å². The number of amides is 1. The van der Waals surface area contributed by atoms with Gasteiger partial charge in [-0.1, -0.05) is 0 Å². The van der Waals surface area contributed by atoms with Gasteiger partial charge in [0.2, 0.25) is 0 Å². The second-order valence-electron chi connectivity index (χ2n) is 4.63. The molecule has 1 aromatic heterocycles. The van der Waals surface area contributed by atoms with Crippen molar-refractivity contribution < 1.29 is 24.4 Å². The molecule has 1 N–H and O–H groups in total. The van der Waals surface area contributed by atoms with Gasteiger partial charge in [-0.15, -0.1) is 0 Å². The molecule has 0 saturated heterocycles. The molecule has 1 aromatic rings. The van der Waals surface area contributed by atoms with Gasteiger partial charge in [-0.3, -0.25) is 9.69 Å². The maximum Gasteiger partial charge on any atom is 0.366 e. The Labute approximate surface area is 112 Å². The predicted octanol–water partition coefficient (Wildman–Crippen LogP) is 0.578. The van der Waals surface area contributed by atoms with Crippen LogP contribution in [0, 0.1) is 10.1 Å². The molecule has 0 radical (unpaired) electrons. The van der Waals surface area contributed by atoms with Crippen molar-refractivity contribution >= 4 is 23.5 Å². The van der Waals surface area contributed by atoms with Crippen LogP contribution in [-0.2, 0) is 9.59 Å². The lowest BCUT2D eigenvalue weighted by Gasteiger charge is -2.35. The van der Waals surface area contributed by atoms with Gasteiger partial charge in [-0.25, -0.2) is 4.79 Å². The Balaban J connectivity index is 2.61. The van der Waals surface area contributed by atoms with E-state index < -0.39 is 28.2 Å². The molecule has 0 fully saturated rings. The maximum atomic E-state index is 11.9. The van der Waals surface area contributed by atoms with Gasteiger partial charge < -0.3 is 20.0 Å². The number of pyridine rings is 1. The normalized spacial score (nSPS) is 14.5. The maximum absolute atomic E-state index is 11.9. The quantitative estimate of drug-likeness (QED) is 0.634. The number of aromatic nitrogens is 1. The van der Waals surface area contributed by atoms with Crippen LogP contribution in [0.25, 0.3) is 0 Å². The van der Waals surface area contributed by atoms with Gasteiger partial charge >= 0.3 is 11.8 Å². The Morgan fingerprint density at radius 2 is 2.20 bits per heavy atom. The minimum atomic E-state index is -1.60. The highest BCUT2D eigenvalue weighted by molar-refractivity contribution is 6.03. The van der Waals surface area contributed by atoms with Crippen molar-refractivity contribution in [1.29, 1.82) is 0 Å². The Kier molecular flexibility index (Phi) is 3.04. The standard InChI is InChI=1S/C11H11N3O6/c1-11(2,10(16)17)13-8(15)5-20-6-3-4-7(14(18)19)12-9(6)13/h3-4H,5H2,1-2H3,(H,16,17). The second kappa shape index (κ2) is 4.44. The van der Waals surface area contributed by atoms with Crippen LogP contribution in [-0.4, -0.2) is 39.0 Å². The number of fused-ring (bicyclic) bond motifs is 1. The molecular formula is C11H11N3O6. The first-order valence-electron chi connectivity index (χ1n) is 5.60. The van der Waals surface area contributed by atoms with Crippen LogP contribution in [0.2, 0.25) is 0 Å². The van der Waals surface area contributed by atoms with E-state index in [-0.39, 0.29) is 18.2 Å². The van der Waals surface area contributed by atoms with Crippen molar-refractivity contribution in [2.24, 2.45) is 0 Å². The summed E-state index contributed by atoms with van der Waals surface area (Å²) in [4.78, 5) is 37.8. The Morgan fingerprint density at radius 1 is 1.55 bits per heavy atom. The van der Waals surface area contributed by atoms with E-state index in [9.17, 15) is 24.8 Å². The van der Waals surface area contributed by atoms with E-state index in [4.69, 9.17) is 4.74 Å². The van der Waals surface area contributed by atoms with Crippen molar-refractivity contribution in [2.45, 2.75) is 19.4 Å². The predicted molar refractivity (Wildman–Crippen MR) is 65.6 cm³/mol. The zero-order valence-corrected chi connectivity index (χ0v) is 10.7. The highest BCUT2D eigenvalue weighted by Crippen LogP contribution is 2.36. The molecule has 9 heteroatoms. The molecule has 2 heterocycles. The molecule has 2 rings (SSSR count). The third kappa shape index (κ3) is 2.02. The number of nitrogens with zero attached hydrogens (tertiary/aromatic N) is 3. The van der Waals surface area contributed by atoms with E-state index >= 15 is 0 Å². The summed E-state index contributed by atoms with van der Waals surface area (Å²) in [5.74, 6) is -2.41. The first kappa shape index (κ1) is 13.7. The molecule has 9 nitrogen and oxygen atoms in total. The summed E-state index contributed by atoms with van der Waals surface area (Å²) in [6.45, 7) is 2.27. The minimum absolute atomic E-state index is 0.129. The topological polar surface area (TPSA) is 123 Å².